The van der Waals surface area contributed by atoms with Crippen LogP contribution in [0, 0.1) is 24.4 Å². The highest BCUT2D eigenvalue weighted by Gasteiger charge is 2.18. The molecule has 7 heteroatoms. The molecule has 0 unspecified atom stereocenters. The maximum absolute atomic E-state index is 13.1. The van der Waals surface area contributed by atoms with Crippen molar-refractivity contribution >= 4 is 17.9 Å². The quantitative estimate of drug-likeness (QED) is 0.624. The molecule has 0 spiro atoms. The Labute approximate surface area is 169 Å². The first kappa shape index (κ1) is 18.8. The van der Waals surface area contributed by atoms with Gasteiger partial charge in [-0.05, 0) is 62.0 Å². The SMILES string of the molecule is Cc1ccc(-n2cnn(CN3CCN(c4ccc(F)cc4)CC3)c2=S)c(C)c1. The Kier molecular flexibility index (Phi) is 5.28. The first-order valence-electron chi connectivity index (χ1n) is 9.46. The van der Waals surface area contributed by atoms with Crippen molar-refractivity contribution in [3.63, 3.8) is 0 Å². The van der Waals surface area contributed by atoms with E-state index in [1.165, 1.54) is 23.3 Å². The summed E-state index contributed by atoms with van der Waals surface area (Å²) >= 11 is 5.67. The zero-order chi connectivity index (χ0) is 19.7. The predicted molar refractivity (Wildman–Crippen MR) is 112 cm³/mol. The molecule has 0 radical (unpaired) electrons. The van der Waals surface area contributed by atoms with E-state index in [1.54, 1.807) is 6.33 Å². The lowest BCUT2D eigenvalue weighted by Gasteiger charge is -2.35. The average Bonchev–Trinajstić information content (AvgIpc) is 3.03. The molecule has 1 aliphatic heterocycles. The van der Waals surface area contributed by atoms with Gasteiger partial charge in [-0.1, -0.05) is 17.7 Å². The number of aryl methyl sites for hydroxylation is 2. The van der Waals surface area contributed by atoms with Crippen LogP contribution in [0.25, 0.3) is 5.69 Å². The Morgan fingerprint density at radius 2 is 1.71 bits per heavy atom. The second-order valence-corrected chi connectivity index (χ2v) is 7.66. The molecule has 0 amide bonds. The number of piperazine rings is 1. The van der Waals surface area contributed by atoms with E-state index in [2.05, 4.69) is 46.9 Å². The van der Waals surface area contributed by atoms with Gasteiger partial charge < -0.3 is 4.90 Å². The summed E-state index contributed by atoms with van der Waals surface area (Å²) in [5, 5.41) is 4.52. The fourth-order valence-electron chi connectivity index (χ4n) is 3.66. The topological polar surface area (TPSA) is 29.2 Å². The fraction of sp³-hybridized carbons (Fsp3) is 0.333. The van der Waals surface area contributed by atoms with E-state index < -0.39 is 0 Å². The lowest BCUT2D eigenvalue weighted by Crippen LogP contribution is -2.47. The summed E-state index contributed by atoms with van der Waals surface area (Å²) in [5.74, 6) is -0.198. The molecule has 1 saturated heterocycles. The van der Waals surface area contributed by atoms with Crippen LogP contribution in [0.15, 0.2) is 48.8 Å². The van der Waals surface area contributed by atoms with Crippen LogP contribution in [-0.2, 0) is 6.67 Å². The molecule has 0 saturated carbocycles. The lowest BCUT2D eigenvalue weighted by molar-refractivity contribution is 0.194. The molecule has 28 heavy (non-hydrogen) atoms. The summed E-state index contributed by atoms with van der Waals surface area (Å²) in [7, 11) is 0. The third-order valence-corrected chi connectivity index (χ3v) is 5.65. The zero-order valence-electron chi connectivity index (χ0n) is 16.2. The molecule has 2 heterocycles. The number of hydrogen-bond donors (Lipinski definition) is 0. The van der Waals surface area contributed by atoms with Gasteiger partial charge in [0, 0.05) is 31.9 Å². The number of hydrogen-bond acceptors (Lipinski definition) is 4. The van der Waals surface area contributed by atoms with Gasteiger partial charge in [0.15, 0.2) is 0 Å². The minimum absolute atomic E-state index is 0.198. The molecule has 3 aromatic rings. The van der Waals surface area contributed by atoms with Crippen molar-refractivity contribution in [2.75, 3.05) is 31.1 Å². The molecule has 0 atom stereocenters. The number of aromatic nitrogens is 3. The van der Waals surface area contributed by atoms with Crippen molar-refractivity contribution in [3.05, 3.63) is 70.5 Å². The Bertz CT molecular complexity index is 1020. The van der Waals surface area contributed by atoms with E-state index in [0.717, 1.165) is 37.6 Å². The maximum atomic E-state index is 13.1. The van der Waals surface area contributed by atoms with E-state index in [-0.39, 0.29) is 5.82 Å². The van der Waals surface area contributed by atoms with Gasteiger partial charge in [-0.3, -0.25) is 9.47 Å². The Hall–Kier alpha value is -2.51. The van der Waals surface area contributed by atoms with Gasteiger partial charge in [-0.2, -0.15) is 5.10 Å². The number of halogens is 1. The molecule has 0 aliphatic carbocycles. The third-order valence-electron chi connectivity index (χ3n) is 5.24. The average molecular weight is 398 g/mol. The van der Waals surface area contributed by atoms with Crippen LogP contribution in [0.5, 0.6) is 0 Å². The first-order valence-corrected chi connectivity index (χ1v) is 9.87. The van der Waals surface area contributed by atoms with Crippen molar-refractivity contribution in [2.45, 2.75) is 20.5 Å². The van der Waals surface area contributed by atoms with E-state index >= 15 is 0 Å². The summed E-state index contributed by atoms with van der Waals surface area (Å²) in [6.07, 6.45) is 1.80. The second-order valence-electron chi connectivity index (χ2n) is 7.30. The molecule has 2 aromatic carbocycles. The summed E-state index contributed by atoms with van der Waals surface area (Å²) in [6.45, 7) is 8.48. The van der Waals surface area contributed by atoms with Crippen LogP contribution in [-0.4, -0.2) is 45.4 Å². The Balaban J connectivity index is 1.43. The van der Waals surface area contributed by atoms with Gasteiger partial charge in [0.25, 0.3) is 0 Å². The minimum Gasteiger partial charge on any atom is -0.369 e. The van der Waals surface area contributed by atoms with Crippen LogP contribution in [0.4, 0.5) is 10.1 Å². The fourth-order valence-corrected chi connectivity index (χ4v) is 3.91. The molecular weight excluding hydrogens is 373 g/mol. The van der Waals surface area contributed by atoms with Crippen molar-refractivity contribution in [2.24, 2.45) is 0 Å². The van der Waals surface area contributed by atoms with Crippen LogP contribution in [0.3, 0.4) is 0 Å². The molecule has 1 aliphatic rings. The number of anilines is 1. The number of benzene rings is 2. The van der Waals surface area contributed by atoms with Gasteiger partial charge in [0.05, 0.1) is 12.4 Å². The largest absolute Gasteiger partial charge is 0.369 e. The van der Waals surface area contributed by atoms with E-state index in [4.69, 9.17) is 12.2 Å². The summed E-state index contributed by atoms with van der Waals surface area (Å²) in [5.41, 5.74) is 4.56. The first-order chi connectivity index (χ1) is 13.5. The molecule has 1 fully saturated rings. The summed E-state index contributed by atoms with van der Waals surface area (Å²) in [4.78, 5) is 4.62. The molecule has 1 aromatic heterocycles. The molecule has 0 bridgehead atoms. The van der Waals surface area contributed by atoms with Crippen LogP contribution >= 0.6 is 12.2 Å². The van der Waals surface area contributed by atoms with E-state index in [0.29, 0.717) is 11.4 Å². The highest BCUT2D eigenvalue weighted by atomic mass is 32.1. The van der Waals surface area contributed by atoms with Gasteiger partial charge in [0.2, 0.25) is 4.77 Å². The standard InChI is InChI=1S/C21H24FN5S/c1-16-3-8-20(17(2)13-16)26-14-23-27(21(26)28)15-24-9-11-25(12-10-24)19-6-4-18(22)5-7-19/h3-8,13-14H,9-12,15H2,1-2H3. The third kappa shape index (κ3) is 3.86. The van der Waals surface area contributed by atoms with E-state index in [9.17, 15) is 4.39 Å². The van der Waals surface area contributed by atoms with Gasteiger partial charge in [-0.15, -0.1) is 0 Å². The Morgan fingerprint density at radius 3 is 2.39 bits per heavy atom. The highest BCUT2D eigenvalue weighted by Crippen LogP contribution is 2.18. The van der Waals surface area contributed by atoms with Crippen LogP contribution in [0.2, 0.25) is 0 Å². The number of nitrogens with zero attached hydrogens (tertiary/aromatic N) is 5. The smallest absolute Gasteiger partial charge is 0.203 e. The predicted octanol–water partition coefficient (Wildman–Crippen LogP) is 3.94. The van der Waals surface area contributed by atoms with Gasteiger partial charge >= 0.3 is 0 Å². The molecule has 146 valence electrons. The zero-order valence-corrected chi connectivity index (χ0v) is 17.0. The monoisotopic (exact) mass is 397 g/mol. The maximum Gasteiger partial charge on any atom is 0.203 e. The second kappa shape index (κ2) is 7.85. The van der Waals surface area contributed by atoms with E-state index in [1.807, 2.05) is 21.4 Å². The van der Waals surface area contributed by atoms with Crippen LogP contribution in [0.1, 0.15) is 11.1 Å². The van der Waals surface area contributed by atoms with Crippen molar-refractivity contribution in [1.82, 2.24) is 19.2 Å². The van der Waals surface area contributed by atoms with Crippen LogP contribution < -0.4 is 4.90 Å². The normalized spacial score (nSPS) is 15.2. The highest BCUT2D eigenvalue weighted by molar-refractivity contribution is 7.71. The lowest BCUT2D eigenvalue weighted by atomic mass is 10.1. The molecule has 0 N–H and O–H groups in total. The van der Waals surface area contributed by atoms with Gasteiger partial charge in [0.1, 0.15) is 12.1 Å². The molecular formula is C21H24FN5S. The Morgan fingerprint density at radius 1 is 1.00 bits per heavy atom. The van der Waals surface area contributed by atoms with Gasteiger partial charge in [-0.25, -0.2) is 9.07 Å². The van der Waals surface area contributed by atoms with Crippen molar-refractivity contribution < 1.29 is 4.39 Å². The molecule has 5 nitrogen and oxygen atoms in total. The summed E-state index contributed by atoms with van der Waals surface area (Å²) < 4.78 is 17.7. The minimum atomic E-state index is -0.198. The van der Waals surface area contributed by atoms with Crippen molar-refractivity contribution in [3.8, 4) is 5.69 Å². The summed E-state index contributed by atoms with van der Waals surface area (Å²) in [6, 6.07) is 13.0. The number of rotatable bonds is 4. The van der Waals surface area contributed by atoms with Crippen molar-refractivity contribution in [1.29, 1.82) is 0 Å². The molecule has 4 rings (SSSR count).